The maximum absolute atomic E-state index is 12.9. The molecule has 1 unspecified atom stereocenters. The second-order valence-corrected chi connectivity index (χ2v) is 6.10. The van der Waals surface area contributed by atoms with Gasteiger partial charge in [-0.15, -0.1) is 0 Å². The highest BCUT2D eigenvalue weighted by Gasteiger charge is 2.30. The number of likely N-dealkylation sites (tertiary alicyclic amines) is 1. The summed E-state index contributed by atoms with van der Waals surface area (Å²) in [5.74, 6) is 0.933. The lowest BCUT2D eigenvalue weighted by Gasteiger charge is -2.36. The topological polar surface area (TPSA) is 35.6 Å². The zero-order valence-corrected chi connectivity index (χ0v) is 13.4. The highest BCUT2D eigenvalue weighted by atomic mass is 16.2. The summed E-state index contributed by atoms with van der Waals surface area (Å²) in [6, 6.07) is 9.89. The van der Waals surface area contributed by atoms with Gasteiger partial charge in [-0.3, -0.25) is 9.69 Å². The Morgan fingerprint density at radius 1 is 1.29 bits per heavy atom. The summed E-state index contributed by atoms with van der Waals surface area (Å²) in [5, 5.41) is 3.24. The van der Waals surface area contributed by atoms with Crippen molar-refractivity contribution in [1.82, 2.24) is 15.1 Å². The number of likely N-dealkylation sites (N-methyl/N-ethyl adjacent to an activating group) is 1. The van der Waals surface area contributed by atoms with Crippen LogP contribution in [0.2, 0.25) is 0 Å². The van der Waals surface area contributed by atoms with Gasteiger partial charge in [0, 0.05) is 13.1 Å². The summed E-state index contributed by atoms with van der Waals surface area (Å²) in [7, 11) is 5.95. The van der Waals surface area contributed by atoms with E-state index >= 15 is 0 Å². The Balaban J connectivity index is 2.03. The van der Waals surface area contributed by atoms with Crippen molar-refractivity contribution in [2.24, 2.45) is 5.92 Å². The zero-order valence-electron chi connectivity index (χ0n) is 13.4. The molecule has 1 aromatic carbocycles. The van der Waals surface area contributed by atoms with E-state index in [4.69, 9.17) is 0 Å². The van der Waals surface area contributed by atoms with Crippen LogP contribution in [-0.4, -0.2) is 56.5 Å². The Bertz CT molecular complexity index is 439. The first-order chi connectivity index (χ1) is 10.1. The standard InChI is InChI=1S/C17H27N3O/c1-18-13-14-9-11-20(12-10-14)17(21)16(19(2)3)15-7-5-4-6-8-15/h4-8,14,16,18H,9-13H2,1-3H3. The number of nitrogens with zero attached hydrogens (tertiary/aromatic N) is 2. The van der Waals surface area contributed by atoms with E-state index in [0.717, 1.165) is 38.0 Å². The lowest BCUT2D eigenvalue weighted by Crippen LogP contribution is -2.45. The molecule has 1 aromatic rings. The number of carbonyl (C=O) groups excluding carboxylic acids is 1. The second-order valence-electron chi connectivity index (χ2n) is 6.10. The van der Waals surface area contributed by atoms with Gasteiger partial charge in [0.15, 0.2) is 0 Å². The third-order valence-electron chi connectivity index (χ3n) is 4.28. The monoisotopic (exact) mass is 289 g/mol. The molecule has 1 aliphatic heterocycles. The summed E-state index contributed by atoms with van der Waals surface area (Å²) in [5.41, 5.74) is 1.07. The molecule has 1 N–H and O–H groups in total. The van der Waals surface area contributed by atoms with Crippen LogP contribution in [0, 0.1) is 5.92 Å². The van der Waals surface area contributed by atoms with Crippen molar-refractivity contribution in [3.05, 3.63) is 35.9 Å². The van der Waals surface area contributed by atoms with Crippen molar-refractivity contribution in [3.63, 3.8) is 0 Å². The van der Waals surface area contributed by atoms with Gasteiger partial charge in [-0.2, -0.15) is 0 Å². The molecule has 1 saturated heterocycles. The van der Waals surface area contributed by atoms with Gasteiger partial charge in [0.25, 0.3) is 0 Å². The Kier molecular flexibility index (Phi) is 5.76. The van der Waals surface area contributed by atoms with Crippen molar-refractivity contribution in [3.8, 4) is 0 Å². The minimum Gasteiger partial charge on any atom is -0.341 e. The summed E-state index contributed by atoms with van der Waals surface area (Å²) in [6.07, 6.45) is 2.20. The predicted molar refractivity (Wildman–Crippen MR) is 86.1 cm³/mol. The molecule has 4 nitrogen and oxygen atoms in total. The number of amides is 1. The molecule has 0 spiro atoms. The first-order valence-electron chi connectivity index (χ1n) is 7.78. The molecular formula is C17H27N3O. The molecule has 1 heterocycles. The highest BCUT2D eigenvalue weighted by Crippen LogP contribution is 2.24. The van der Waals surface area contributed by atoms with Crippen LogP contribution >= 0.6 is 0 Å². The molecule has 116 valence electrons. The van der Waals surface area contributed by atoms with E-state index in [-0.39, 0.29) is 11.9 Å². The predicted octanol–water partition coefficient (Wildman–Crippen LogP) is 1.75. The minimum atomic E-state index is -0.174. The molecule has 21 heavy (non-hydrogen) atoms. The van der Waals surface area contributed by atoms with Crippen LogP contribution in [0.3, 0.4) is 0 Å². The smallest absolute Gasteiger partial charge is 0.244 e. The zero-order chi connectivity index (χ0) is 15.2. The van der Waals surface area contributed by atoms with Crippen molar-refractivity contribution in [2.45, 2.75) is 18.9 Å². The van der Waals surface area contributed by atoms with Crippen LogP contribution in [0.4, 0.5) is 0 Å². The van der Waals surface area contributed by atoms with Gasteiger partial charge in [0.1, 0.15) is 6.04 Å². The highest BCUT2D eigenvalue weighted by molar-refractivity contribution is 5.83. The van der Waals surface area contributed by atoms with E-state index in [1.165, 1.54) is 0 Å². The second kappa shape index (κ2) is 7.57. The van der Waals surface area contributed by atoms with Crippen LogP contribution in [0.5, 0.6) is 0 Å². The summed E-state index contributed by atoms with van der Waals surface area (Å²) < 4.78 is 0. The average Bonchev–Trinajstić information content (AvgIpc) is 2.49. The third-order valence-corrected chi connectivity index (χ3v) is 4.28. The summed E-state index contributed by atoms with van der Waals surface area (Å²) in [4.78, 5) is 16.9. The normalized spacial score (nSPS) is 18.0. The maximum Gasteiger partial charge on any atom is 0.244 e. The molecule has 2 rings (SSSR count). The van der Waals surface area contributed by atoms with E-state index in [1.807, 2.05) is 61.3 Å². The van der Waals surface area contributed by atoms with Gasteiger partial charge in [-0.25, -0.2) is 0 Å². The minimum absolute atomic E-state index is 0.174. The Hall–Kier alpha value is -1.39. The molecule has 1 fully saturated rings. The van der Waals surface area contributed by atoms with Crippen molar-refractivity contribution in [1.29, 1.82) is 0 Å². The molecule has 4 heteroatoms. The van der Waals surface area contributed by atoms with Crippen molar-refractivity contribution >= 4 is 5.91 Å². The first kappa shape index (κ1) is 16.0. The fraction of sp³-hybridized carbons (Fsp3) is 0.588. The van der Waals surface area contributed by atoms with Crippen LogP contribution in [0.15, 0.2) is 30.3 Å². The van der Waals surface area contributed by atoms with Gasteiger partial charge in [-0.05, 0) is 52.0 Å². The maximum atomic E-state index is 12.9. The van der Waals surface area contributed by atoms with Crippen molar-refractivity contribution < 1.29 is 4.79 Å². The molecule has 1 amide bonds. The van der Waals surface area contributed by atoms with E-state index in [2.05, 4.69) is 5.32 Å². The van der Waals surface area contributed by atoms with E-state index in [1.54, 1.807) is 0 Å². The summed E-state index contributed by atoms with van der Waals surface area (Å²) in [6.45, 7) is 2.81. The van der Waals surface area contributed by atoms with Gasteiger partial charge in [-0.1, -0.05) is 30.3 Å². The largest absolute Gasteiger partial charge is 0.341 e. The molecule has 0 aliphatic carbocycles. The van der Waals surface area contributed by atoms with Crippen LogP contribution in [0.25, 0.3) is 0 Å². The molecule has 1 aliphatic rings. The number of benzene rings is 1. The molecule has 1 atom stereocenters. The number of hydrogen-bond acceptors (Lipinski definition) is 3. The SMILES string of the molecule is CNCC1CCN(C(=O)C(c2ccccc2)N(C)C)CC1. The van der Waals surface area contributed by atoms with E-state index in [0.29, 0.717) is 5.92 Å². The third kappa shape index (κ3) is 4.05. The fourth-order valence-corrected chi connectivity index (χ4v) is 3.12. The van der Waals surface area contributed by atoms with E-state index in [9.17, 15) is 4.79 Å². The van der Waals surface area contributed by atoms with Crippen LogP contribution in [-0.2, 0) is 4.79 Å². The number of piperidine rings is 1. The van der Waals surface area contributed by atoms with E-state index < -0.39 is 0 Å². The van der Waals surface area contributed by atoms with Crippen LogP contribution in [0.1, 0.15) is 24.4 Å². The Morgan fingerprint density at radius 2 is 1.90 bits per heavy atom. The number of carbonyl (C=O) groups is 1. The van der Waals surface area contributed by atoms with Crippen LogP contribution < -0.4 is 5.32 Å². The Morgan fingerprint density at radius 3 is 2.43 bits per heavy atom. The molecule has 0 radical (unpaired) electrons. The first-order valence-corrected chi connectivity index (χ1v) is 7.78. The van der Waals surface area contributed by atoms with Gasteiger partial charge in [0.05, 0.1) is 0 Å². The Labute approximate surface area is 128 Å². The molecule has 0 saturated carbocycles. The molecule has 0 bridgehead atoms. The van der Waals surface area contributed by atoms with Gasteiger partial charge >= 0.3 is 0 Å². The quantitative estimate of drug-likeness (QED) is 0.897. The van der Waals surface area contributed by atoms with Gasteiger partial charge in [0.2, 0.25) is 5.91 Å². The van der Waals surface area contributed by atoms with Crippen molar-refractivity contribution in [2.75, 3.05) is 40.8 Å². The number of rotatable bonds is 5. The van der Waals surface area contributed by atoms with Gasteiger partial charge < -0.3 is 10.2 Å². The number of nitrogens with one attached hydrogen (secondary N) is 1. The lowest BCUT2D eigenvalue weighted by molar-refractivity contribution is -0.137. The average molecular weight is 289 g/mol. The molecular weight excluding hydrogens is 262 g/mol. The fourth-order valence-electron chi connectivity index (χ4n) is 3.12. The lowest BCUT2D eigenvalue weighted by atomic mass is 9.95. The number of hydrogen-bond donors (Lipinski definition) is 1. The molecule has 0 aromatic heterocycles. The summed E-state index contributed by atoms with van der Waals surface area (Å²) >= 11 is 0.